The van der Waals surface area contributed by atoms with E-state index in [2.05, 4.69) is 29.9 Å². The molecule has 0 N–H and O–H groups in total. The fourth-order valence-electron chi connectivity index (χ4n) is 2.47. The molecule has 1 aromatic heterocycles. The van der Waals surface area contributed by atoms with Crippen molar-refractivity contribution in [2.24, 2.45) is 13.0 Å². The smallest absolute Gasteiger partial charge is 0.0625 e. The lowest BCUT2D eigenvalue weighted by Crippen LogP contribution is -2.39. The molecule has 0 bridgehead atoms. The lowest BCUT2D eigenvalue weighted by atomic mass is 9.99. The van der Waals surface area contributed by atoms with Gasteiger partial charge < -0.3 is 0 Å². The quantitative estimate of drug-likeness (QED) is 0.774. The molecule has 17 heavy (non-hydrogen) atoms. The average molecular weight is 256 g/mol. The van der Waals surface area contributed by atoms with Gasteiger partial charge >= 0.3 is 0 Å². The number of alkyl halides is 1. The van der Waals surface area contributed by atoms with E-state index in [9.17, 15) is 0 Å². The Morgan fingerprint density at radius 1 is 1.53 bits per heavy atom. The summed E-state index contributed by atoms with van der Waals surface area (Å²) in [4.78, 5) is 2.49. The molecular formula is C13H22ClN3. The van der Waals surface area contributed by atoms with Crippen LogP contribution in [-0.2, 0) is 20.0 Å². The summed E-state index contributed by atoms with van der Waals surface area (Å²) in [6.45, 7) is 7.58. The topological polar surface area (TPSA) is 21.1 Å². The lowest BCUT2D eigenvalue weighted by molar-refractivity contribution is 0.176. The third-order valence-electron chi connectivity index (χ3n) is 3.66. The molecule has 2 unspecified atom stereocenters. The van der Waals surface area contributed by atoms with Crippen LogP contribution in [0, 0.1) is 5.92 Å². The van der Waals surface area contributed by atoms with Crippen molar-refractivity contribution in [3.63, 3.8) is 0 Å². The fraction of sp³-hybridized carbons (Fsp3) is 0.769. The summed E-state index contributed by atoms with van der Waals surface area (Å²) >= 11 is 6.25. The molecule has 0 amide bonds. The number of halogens is 1. The predicted octanol–water partition coefficient (Wildman–Crippen LogP) is 2.43. The molecule has 0 spiro atoms. The molecule has 2 rings (SSSR count). The van der Waals surface area contributed by atoms with E-state index in [1.807, 2.05) is 11.7 Å². The molecule has 0 aromatic carbocycles. The maximum absolute atomic E-state index is 6.25. The highest BCUT2D eigenvalue weighted by Gasteiger charge is 2.24. The number of hydrogen-bond donors (Lipinski definition) is 0. The van der Waals surface area contributed by atoms with Crippen LogP contribution < -0.4 is 0 Å². The number of likely N-dealkylation sites (tertiary alicyclic amines) is 1. The average Bonchev–Trinajstić information content (AvgIpc) is 2.65. The zero-order chi connectivity index (χ0) is 12.4. The second-order valence-electron chi connectivity index (χ2n) is 5.12. The minimum Gasteiger partial charge on any atom is -0.297 e. The van der Waals surface area contributed by atoms with Crippen LogP contribution in [0.3, 0.4) is 0 Å². The molecule has 3 nitrogen and oxygen atoms in total. The number of piperidine rings is 1. The predicted molar refractivity (Wildman–Crippen MR) is 71.3 cm³/mol. The van der Waals surface area contributed by atoms with Crippen molar-refractivity contribution < 1.29 is 0 Å². The third kappa shape index (κ3) is 3.02. The summed E-state index contributed by atoms with van der Waals surface area (Å²) in [5.74, 6) is 0.587. The zero-order valence-electron chi connectivity index (χ0n) is 11.0. The van der Waals surface area contributed by atoms with Crippen molar-refractivity contribution in [3.8, 4) is 0 Å². The normalized spacial score (nSPS) is 26.4. The van der Waals surface area contributed by atoms with Crippen molar-refractivity contribution >= 4 is 11.6 Å². The first-order valence-corrected chi connectivity index (χ1v) is 6.92. The molecule has 1 aromatic rings. The molecule has 2 atom stereocenters. The monoisotopic (exact) mass is 255 g/mol. The first-order valence-electron chi connectivity index (χ1n) is 6.48. The summed E-state index contributed by atoms with van der Waals surface area (Å²) in [6.07, 6.45) is 2.11. The van der Waals surface area contributed by atoms with Gasteiger partial charge in [-0.15, -0.1) is 11.6 Å². The number of aryl methyl sites for hydroxylation is 2. The Morgan fingerprint density at radius 2 is 2.29 bits per heavy atom. The summed E-state index contributed by atoms with van der Waals surface area (Å²) < 4.78 is 2.01. The molecule has 1 aliphatic heterocycles. The van der Waals surface area contributed by atoms with Crippen LogP contribution in [-0.4, -0.2) is 33.1 Å². The Hall–Kier alpha value is -0.540. The molecule has 0 radical (unpaired) electrons. The summed E-state index contributed by atoms with van der Waals surface area (Å²) in [7, 11) is 2.03. The second kappa shape index (κ2) is 5.40. The minimum absolute atomic E-state index is 0.351. The van der Waals surface area contributed by atoms with Crippen LogP contribution in [0.2, 0.25) is 0 Å². The largest absolute Gasteiger partial charge is 0.297 e. The van der Waals surface area contributed by atoms with Crippen molar-refractivity contribution in [2.45, 2.75) is 38.6 Å². The molecule has 96 valence electrons. The van der Waals surface area contributed by atoms with Crippen LogP contribution in [0.5, 0.6) is 0 Å². The van der Waals surface area contributed by atoms with Crippen molar-refractivity contribution in [1.29, 1.82) is 0 Å². The Labute approximate surface area is 109 Å². The van der Waals surface area contributed by atoms with Gasteiger partial charge in [-0.2, -0.15) is 5.10 Å². The van der Waals surface area contributed by atoms with Gasteiger partial charge in [-0.25, -0.2) is 0 Å². The molecule has 4 heteroatoms. The van der Waals surface area contributed by atoms with Crippen molar-refractivity contribution in [3.05, 3.63) is 17.5 Å². The Bertz CT molecular complexity index is 375. The Kier molecular flexibility index (Phi) is 4.10. The van der Waals surface area contributed by atoms with Crippen LogP contribution in [0.4, 0.5) is 0 Å². The third-order valence-corrected chi connectivity index (χ3v) is 4.31. The Morgan fingerprint density at radius 3 is 2.88 bits per heavy atom. The van der Waals surface area contributed by atoms with Gasteiger partial charge in [0.05, 0.1) is 11.4 Å². The number of hydrogen-bond acceptors (Lipinski definition) is 2. The lowest BCUT2D eigenvalue weighted by Gasteiger charge is -2.33. The van der Waals surface area contributed by atoms with Gasteiger partial charge in [-0.3, -0.25) is 9.58 Å². The standard InChI is InChI=1S/C13H22ClN3/c1-4-11-7-12(16(3)15-11)9-17-6-5-13(14)10(2)8-17/h7,10,13H,4-6,8-9H2,1-3H3. The minimum atomic E-state index is 0.351. The number of nitrogens with zero attached hydrogens (tertiary/aromatic N) is 3. The second-order valence-corrected chi connectivity index (χ2v) is 5.68. The van der Waals surface area contributed by atoms with E-state index in [0.29, 0.717) is 11.3 Å². The van der Waals surface area contributed by atoms with Crippen molar-refractivity contribution in [2.75, 3.05) is 13.1 Å². The summed E-state index contributed by atoms with van der Waals surface area (Å²) in [5, 5.41) is 4.84. The molecule has 2 heterocycles. The van der Waals surface area contributed by atoms with E-state index < -0.39 is 0 Å². The van der Waals surface area contributed by atoms with E-state index in [1.165, 1.54) is 11.4 Å². The SMILES string of the molecule is CCc1cc(CN2CCC(Cl)C(C)C2)n(C)n1. The van der Waals surface area contributed by atoms with Crippen LogP contribution in [0.25, 0.3) is 0 Å². The van der Waals surface area contributed by atoms with E-state index in [4.69, 9.17) is 11.6 Å². The number of rotatable bonds is 3. The van der Waals surface area contributed by atoms with E-state index in [-0.39, 0.29) is 0 Å². The van der Waals surface area contributed by atoms with Crippen LogP contribution >= 0.6 is 11.6 Å². The molecular weight excluding hydrogens is 234 g/mol. The molecule has 0 aliphatic carbocycles. The molecule has 1 saturated heterocycles. The molecule has 1 aliphatic rings. The van der Waals surface area contributed by atoms with Gasteiger partial charge in [-0.1, -0.05) is 13.8 Å². The summed E-state index contributed by atoms with van der Waals surface area (Å²) in [6, 6.07) is 2.22. The first kappa shape index (κ1) is 12.9. The van der Waals surface area contributed by atoms with Gasteiger partial charge in [0, 0.05) is 25.5 Å². The van der Waals surface area contributed by atoms with E-state index >= 15 is 0 Å². The van der Waals surface area contributed by atoms with Gasteiger partial charge in [0.15, 0.2) is 0 Å². The fourth-order valence-corrected chi connectivity index (χ4v) is 2.65. The van der Waals surface area contributed by atoms with Gasteiger partial charge in [0.25, 0.3) is 0 Å². The first-order chi connectivity index (χ1) is 8.10. The van der Waals surface area contributed by atoms with Crippen molar-refractivity contribution in [1.82, 2.24) is 14.7 Å². The maximum Gasteiger partial charge on any atom is 0.0625 e. The molecule has 1 fully saturated rings. The van der Waals surface area contributed by atoms with Crippen LogP contribution in [0.15, 0.2) is 6.07 Å². The van der Waals surface area contributed by atoms with E-state index in [1.54, 1.807) is 0 Å². The summed E-state index contributed by atoms with van der Waals surface area (Å²) in [5.41, 5.74) is 2.49. The molecule has 0 saturated carbocycles. The highest BCUT2D eigenvalue weighted by molar-refractivity contribution is 6.20. The highest BCUT2D eigenvalue weighted by atomic mass is 35.5. The highest BCUT2D eigenvalue weighted by Crippen LogP contribution is 2.23. The van der Waals surface area contributed by atoms with Gasteiger partial charge in [0.1, 0.15) is 0 Å². The van der Waals surface area contributed by atoms with E-state index in [0.717, 1.165) is 32.5 Å². The Balaban J connectivity index is 1.98. The zero-order valence-corrected chi connectivity index (χ0v) is 11.7. The van der Waals surface area contributed by atoms with Gasteiger partial charge in [0.2, 0.25) is 0 Å². The maximum atomic E-state index is 6.25. The van der Waals surface area contributed by atoms with Crippen LogP contribution in [0.1, 0.15) is 31.7 Å². The van der Waals surface area contributed by atoms with Gasteiger partial charge in [-0.05, 0) is 31.4 Å². The number of aromatic nitrogens is 2.